The van der Waals surface area contributed by atoms with Crippen molar-refractivity contribution in [3.63, 3.8) is 0 Å². The molecule has 114 valence electrons. The Labute approximate surface area is 130 Å². The highest BCUT2D eigenvalue weighted by Crippen LogP contribution is 2.18. The summed E-state index contributed by atoms with van der Waals surface area (Å²) in [4.78, 5) is 21.0. The van der Waals surface area contributed by atoms with Gasteiger partial charge in [-0.05, 0) is 32.4 Å². The van der Waals surface area contributed by atoms with Crippen molar-refractivity contribution in [2.24, 2.45) is 5.92 Å². The van der Waals surface area contributed by atoms with Crippen LogP contribution in [0.2, 0.25) is 0 Å². The number of aryl methyl sites for hydroxylation is 1. The molecule has 0 saturated heterocycles. The number of rotatable bonds is 5. The van der Waals surface area contributed by atoms with Crippen molar-refractivity contribution in [3.8, 4) is 17.3 Å². The Hall–Kier alpha value is -2.68. The SMILES string of the molecule is CCC(C#N)C(=O)N(CC)n1cc(-c2cccnc2)nc1C. The Morgan fingerprint density at radius 1 is 1.50 bits per heavy atom. The molecule has 2 aromatic rings. The van der Waals surface area contributed by atoms with Gasteiger partial charge >= 0.3 is 0 Å². The molecule has 0 fully saturated rings. The third kappa shape index (κ3) is 2.98. The molecule has 0 aliphatic heterocycles. The Kier molecular flexibility index (Phi) is 4.89. The van der Waals surface area contributed by atoms with Crippen molar-refractivity contribution in [1.82, 2.24) is 14.6 Å². The topological polar surface area (TPSA) is 74.8 Å². The minimum absolute atomic E-state index is 0.203. The lowest BCUT2D eigenvalue weighted by Gasteiger charge is -2.24. The molecule has 2 rings (SSSR count). The number of imidazole rings is 1. The molecule has 0 spiro atoms. The zero-order valence-electron chi connectivity index (χ0n) is 13.0. The molecule has 6 nitrogen and oxygen atoms in total. The van der Waals surface area contributed by atoms with Crippen LogP contribution in [-0.4, -0.2) is 27.1 Å². The standard InChI is InChI=1S/C16H19N5O/c1-4-13(9-17)16(22)20(5-2)21-11-15(19-12(21)3)14-7-6-8-18-10-14/h6-8,10-11,13H,4-5H2,1-3H3. The lowest BCUT2D eigenvalue weighted by molar-refractivity contribution is -0.122. The molecule has 0 N–H and O–H groups in total. The minimum Gasteiger partial charge on any atom is -0.271 e. The molecule has 1 atom stereocenters. The van der Waals surface area contributed by atoms with Gasteiger partial charge in [-0.15, -0.1) is 0 Å². The van der Waals surface area contributed by atoms with E-state index in [9.17, 15) is 4.79 Å². The number of carbonyl (C=O) groups excluding carboxylic acids is 1. The van der Waals surface area contributed by atoms with Crippen molar-refractivity contribution in [2.75, 3.05) is 11.6 Å². The second-order valence-corrected chi connectivity index (χ2v) is 4.90. The molecule has 0 aromatic carbocycles. The van der Waals surface area contributed by atoms with E-state index < -0.39 is 5.92 Å². The fourth-order valence-electron chi connectivity index (χ4n) is 2.28. The molecule has 0 saturated carbocycles. The Balaban J connectivity index is 2.37. The first kappa shape index (κ1) is 15.7. The van der Waals surface area contributed by atoms with Crippen LogP contribution in [-0.2, 0) is 4.79 Å². The Bertz CT molecular complexity index is 686. The van der Waals surface area contributed by atoms with Crippen LogP contribution in [0.4, 0.5) is 0 Å². The summed E-state index contributed by atoms with van der Waals surface area (Å²) in [6.07, 6.45) is 5.73. The van der Waals surface area contributed by atoms with Crippen LogP contribution in [0.5, 0.6) is 0 Å². The van der Waals surface area contributed by atoms with Gasteiger partial charge in [0.15, 0.2) is 0 Å². The lowest BCUT2D eigenvalue weighted by atomic mass is 10.1. The monoisotopic (exact) mass is 297 g/mol. The van der Waals surface area contributed by atoms with Gasteiger partial charge in [0.1, 0.15) is 11.7 Å². The largest absolute Gasteiger partial charge is 0.271 e. The fourth-order valence-corrected chi connectivity index (χ4v) is 2.28. The molecule has 1 unspecified atom stereocenters. The molecule has 0 aliphatic carbocycles. The molecule has 0 aliphatic rings. The highest BCUT2D eigenvalue weighted by atomic mass is 16.2. The number of aromatic nitrogens is 3. The van der Waals surface area contributed by atoms with E-state index in [4.69, 9.17) is 5.26 Å². The maximum absolute atomic E-state index is 12.5. The maximum Gasteiger partial charge on any atom is 0.258 e. The van der Waals surface area contributed by atoms with Gasteiger partial charge in [-0.3, -0.25) is 9.78 Å². The summed E-state index contributed by atoms with van der Waals surface area (Å²) in [5, 5.41) is 10.7. The van der Waals surface area contributed by atoms with E-state index >= 15 is 0 Å². The van der Waals surface area contributed by atoms with Crippen molar-refractivity contribution < 1.29 is 4.79 Å². The fraction of sp³-hybridized carbons (Fsp3) is 0.375. The smallest absolute Gasteiger partial charge is 0.258 e. The first-order valence-corrected chi connectivity index (χ1v) is 7.30. The molecule has 1 amide bonds. The number of nitrogens with zero attached hydrogens (tertiary/aromatic N) is 5. The summed E-state index contributed by atoms with van der Waals surface area (Å²) >= 11 is 0. The van der Waals surface area contributed by atoms with Gasteiger partial charge in [0, 0.05) is 24.5 Å². The summed E-state index contributed by atoms with van der Waals surface area (Å²) in [5.74, 6) is -0.142. The van der Waals surface area contributed by atoms with Crippen LogP contribution in [0.25, 0.3) is 11.3 Å². The van der Waals surface area contributed by atoms with E-state index in [-0.39, 0.29) is 5.91 Å². The van der Waals surface area contributed by atoms with Gasteiger partial charge in [0.2, 0.25) is 0 Å². The van der Waals surface area contributed by atoms with E-state index in [0.717, 1.165) is 11.3 Å². The molecule has 0 bridgehead atoms. The Morgan fingerprint density at radius 3 is 2.82 bits per heavy atom. The van der Waals surface area contributed by atoms with E-state index in [0.29, 0.717) is 18.8 Å². The quantitative estimate of drug-likeness (QED) is 0.848. The number of hydrogen-bond acceptors (Lipinski definition) is 4. The Morgan fingerprint density at radius 2 is 2.27 bits per heavy atom. The number of hydrogen-bond donors (Lipinski definition) is 0. The summed E-state index contributed by atoms with van der Waals surface area (Å²) < 4.78 is 1.71. The zero-order chi connectivity index (χ0) is 16.1. The summed E-state index contributed by atoms with van der Waals surface area (Å²) in [6, 6.07) is 5.82. The first-order chi connectivity index (χ1) is 10.6. The summed E-state index contributed by atoms with van der Waals surface area (Å²) in [5.41, 5.74) is 1.64. The molecule has 6 heteroatoms. The van der Waals surface area contributed by atoms with Crippen molar-refractivity contribution in [3.05, 3.63) is 36.5 Å². The van der Waals surface area contributed by atoms with Gasteiger partial charge in [0.25, 0.3) is 5.91 Å². The zero-order valence-corrected chi connectivity index (χ0v) is 13.0. The predicted molar refractivity (Wildman–Crippen MR) is 83.4 cm³/mol. The van der Waals surface area contributed by atoms with Crippen LogP contribution in [0.1, 0.15) is 26.1 Å². The third-order valence-corrected chi connectivity index (χ3v) is 3.49. The number of amides is 1. The second kappa shape index (κ2) is 6.85. The van der Waals surface area contributed by atoms with Crippen molar-refractivity contribution >= 4 is 5.91 Å². The minimum atomic E-state index is -0.636. The van der Waals surface area contributed by atoms with Gasteiger partial charge < -0.3 is 0 Å². The molecule has 2 heterocycles. The molecule has 0 radical (unpaired) electrons. The highest BCUT2D eigenvalue weighted by Gasteiger charge is 2.24. The van der Waals surface area contributed by atoms with Gasteiger partial charge in [-0.25, -0.2) is 14.7 Å². The van der Waals surface area contributed by atoms with Crippen molar-refractivity contribution in [2.45, 2.75) is 27.2 Å². The van der Waals surface area contributed by atoms with E-state index in [2.05, 4.69) is 16.0 Å². The predicted octanol–water partition coefficient (Wildman–Crippen LogP) is 2.29. The molecule has 22 heavy (non-hydrogen) atoms. The normalized spacial score (nSPS) is 11.7. The van der Waals surface area contributed by atoms with E-state index in [1.807, 2.05) is 32.9 Å². The van der Waals surface area contributed by atoms with Crippen LogP contribution in [0.3, 0.4) is 0 Å². The number of nitriles is 1. The highest BCUT2D eigenvalue weighted by molar-refractivity contribution is 5.90. The van der Waals surface area contributed by atoms with Crippen LogP contribution < -0.4 is 5.01 Å². The van der Waals surface area contributed by atoms with Gasteiger partial charge in [0.05, 0.1) is 18.0 Å². The second-order valence-electron chi connectivity index (χ2n) is 4.90. The third-order valence-electron chi connectivity index (χ3n) is 3.49. The number of pyridine rings is 1. The molecular weight excluding hydrogens is 278 g/mol. The first-order valence-electron chi connectivity index (χ1n) is 7.30. The maximum atomic E-state index is 12.5. The van der Waals surface area contributed by atoms with Crippen LogP contribution >= 0.6 is 0 Å². The molecule has 2 aromatic heterocycles. The molecular formula is C16H19N5O. The van der Waals surface area contributed by atoms with Crippen LogP contribution in [0.15, 0.2) is 30.7 Å². The average Bonchev–Trinajstić information content (AvgIpc) is 2.92. The van der Waals surface area contributed by atoms with E-state index in [1.54, 1.807) is 28.3 Å². The summed E-state index contributed by atoms with van der Waals surface area (Å²) in [7, 11) is 0. The van der Waals surface area contributed by atoms with Crippen molar-refractivity contribution in [1.29, 1.82) is 5.26 Å². The van der Waals surface area contributed by atoms with Crippen LogP contribution in [0, 0.1) is 24.2 Å². The number of carbonyl (C=O) groups is 1. The summed E-state index contributed by atoms with van der Waals surface area (Å²) in [6.45, 7) is 6.02. The van der Waals surface area contributed by atoms with E-state index in [1.165, 1.54) is 0 Å². The van der Waals surface area contributed by atoms with Gasteiger partial charge in [-0.1, -0.05) is 6.92 Å². The lowest BCUT2D eigenvalue weighted by Crippen LogP contribution is -2.43. The average molecular weight is 297 g/mol. The van der Waals surface area contributed by atoms with Gasteiger partial charge in [-0.2, -0.15) is 5.26 Å².